The smallest absolute Gasteiger partial charge is 0.332 e. The average Bonchev–Trinajstić information content (AvgIpc) is 3.35. The van der Waals surface area contributed by atoms with E-state index in [4.69, 9.17) is 0 Å². The zero-order valence-corrected chi connectivity index (χ0v) is 14.4. The number of allylic oxidation sites excluding steroid dienone is 2. The second-order valence-corrected chi connectivity index (χ2v) is 7.35. The van der Waals surface area contributed by atoms with Gasteiger partial charge in [0.2, 0.25) is 0 Å². The standard InChI is InChI=1S/C20H20N2O4/c1-20(19(25)26)8-2-5-14(18(23)24)16(20)15-10-13-4-3-9-21-17(13)22(15)11-12-6-7-12/h2-5,8-10,12,16H,6-7,11H2,1H3,(H,23,24)(H,25,26). The van der Waals surface area contributed by atoms with Crippen LogP contribution in [-0.4, -0.2) is 31.7 Å². The molecule has 1 fully saturated rings. The zero-order chi connectivity index (χ0) is 18.5. The fraction of sp³-hybridized carbons (Fsp3) is 0.350. The molecule has 0 saturated heterocycles. The first kappa shape index (κ1) is 16.6. The van der Waals surface area contributed by atoms with Crippen LogP contribution in [0.15, 0.2) is 48.2 Å². The Bertz CT molecular complexity index is 967. The van der Waals surface area contributed by atoms with Gasteiger partial charge < -0.3 is 14.8 Å². The molecule has 0 radical (unpaired) electrons. The molecule has 2 aliphatic carbocycles. The van der Waals surface area contributed by atoms with Crippen LogP contribution >= 0.6 is 0 Å². The fourth-order valence-electron chi connectivity index (χ4n) is 3.82. The molecule has 0 aliphatic heterocycles. The largest absolute Gasteiger partial charge is 0.481 e. The van der Waals surface area contributed by atoms with Crippen molar-refractivity contribution in [3.05, 3.63) is 53.9 Å². The van der Waals surface area contributed by atoms with Crippen LogP contribution < -0.4 is 0 Å². The van der Waals surface area contributed by atoms with Crippen LogP contribution in [0.4, 0.5) is 0 Å². The van der Waals surface area contributed by atoms with Crippen molar-refractivity contribution in [3.63, 3.8) is 0 Å². The Labute approximate surface area is 150 Å². The highest BCUT2D eigenvalue weighted by molar-refractivity contribution is 5.93. The van der Waals surface area contributed by atoms with E-state index in [0.29, 0.717) is 11.6 Å². The molecular weight excluding hydrogens is 332 g/mol. The predicted molar refractivity (Wildman–Crippen MR) is 95.8 cm³/mol. The van der Waals surface area contributed by atoms with Crippen molar-refractivity contribution < 1.29 is 19.8 Å². The van der Waals surface area contributed by atoms with Gasteiger partial charge in [-0.25, -0.2) is 9.78 Å². The molecule has 0 amide bonds. The van der Waals surface area contributed by atoms with E-state index in [1.54, 1.807) is 19.2 Å². The van der Waals surface area contributed by atoms with E-state index >= 15 is 0 Å². The number of aliphatic carboxylic acids is 2. The zero-order valence-electron chi connectivity index (χ0n) is 14.4. The highest BCUT2D eigenvalue weighted by atomic mass is 16.4. The molecule has 2 aromatic rings. The van der Waals surface area contributed by atoms with Crippen LogP contribution in [0.25, 0.3) is 11.0 Å². The summed E-state index contributed by atoms with van der Waals surface area (Å²) in [5, 5.41) is 20.5. The van der Waals surface area contributed by atoms with Gasteiger partial charge in [0.15, 0.2) is 0 Å². The summed E-state index contributed by atoms with van der Waals surface area (Å²) in [6.45, 7) is 2.32. The lowest BCUT2D eigenvalue weighted by Crippen LogP contribution is -2.38. The van der Waals surface area contributed by atoms with Gasteiger partial charge in [-0.3, -0.25) is 4.79 Å². The van der Waals surface area contributed by atoms with Gasteiger partial charge in [-0.2, -0.15) is 0 Å². The monoisotopic (exact) mass is 352 g/mol. The Hall–Kier alpha value is -2.89. The van der Waals surface area contributed by atoms with E-state index in [-0.39, 0.29) is 5.57 Å². The molecule has 2 atom stereocenters. The molecule has 2 unspecified atom stereocenters. The number of fused-ring (bicyclic) bond motifs is 1. The molecule has 26 heavy (non-hydrogen) atoms. The quantitative estimate of drug-likeness (QED) is 0.862. The number of carboxylic acids is 2. The van der Waals surface area contributed by atoms with Crippen molar-refractivity contribution in [2.45, 2.75) is 32.2 Å². The van der Waals surface area contributed by atoms with Crippen LogP contribution in [0, 0.1) is 11.3 Å². The number of carboxylic acid groups (broad SMARTS) is 2. The summed E-state index contributed by atoms with van der Waals surface area (Å²) >= 11 is 0. The number of pyridine rings is 1. The van der Waals surface area contributed by atoms with Gasteiger partial charge in [0.25, 0.3) is 0 Å². The van der Waals surface area contributed by atoms with Crippen LogP contribution in [0.1, 0.15) is 31.4 Å². The Morgan fingerprint density at radius 1 is 1.35 bits per heavy atom. The summed E-state index contributed by atoms with van der Waals surface area (Å²) in [5.74, 6) is -2.38. The van der Waals surface area contributed by atoms with Crippen molar-refractivity contribution >= 4 is 23.0 Å². The average molecular weight is 352 g/mol. The second kappa shape index (κ2) is 5.83. The maximum Gasteiger partial charge on any atom is 0.332 e. The first-order valence-corrected chi connectivity index (χ1v) is 8.72. The first-order valence-electron chi connectivity index (χ1n) is 8.72. The molecule has 2 aliphatic rings. The van der Waals surface area contributed by atoms with Gasteiger partial charge in [0.1, 0.15) is 5.65 Å². The van der Waals surface area contributed by atoms with Gasteiger partial charge in [-0.15, -0.1) is 0 Å². The van der Waals surface area contributed by atoms with E-state index < -0.39 is 23.3 Å². The lowest BCUT2D eigenvalue weighted by Gasteiger charge is -2.34. The van der Waals surface area contributed by atoms with Gasteiger partial charge in [0.05, 0.1) is 11.3 Å². The predicted octanol–water partition coefficient (Wildman–Crippen LogP) is 3.20. The van der Waals surface area contributed by atoms with E-state index in [1.165, 1.54) is 12.2 Å². The number of hydrogen-bond donors (Lipinski definition) is 2. The molecule has 2 N–H and O–H groups in total. The molecule has 6 heteroatoms. The lowest BCUT2D eigenvalue weighted by atomic mass is 9.68. The Morgan fingerprint density at radius 2 is 2.12 bits per heavy atom. The van der Waals surface area contributed by atoms with E-state index in [1.807, 2.05) is 22.8 Å². The molecule has 134 valence electrons. The second-order valence-electron chi connectivity index (χ2n) is 7.35. The van der Waals surface area contributed by atoms with E-state index in [0.717, 1.165) is 30.4 Å². The first-order chi connectivity index (χ1) is 12.4. The molecule has 4 rings (SSSR count). The van der Waals surface area contributed by atoms with Gasteiger partial charge >= 0.3 is 11.9 Å². The summed E-state index contributed by atoms with van der Waals surface area (Å²) in [5.41, 5.74) is 0.241. The van der Waals surface area contributed by atoms with Crippen molar-refractivity contribution in [2.75, 3.05) is 0 Å². The third-order valence-electron chi connectivity index (χ3n) is 5.46. The maximum atomic E-state index is 12.1. The summed E-state index contributed by atoms with van der Waals surface area (Å²) in [6.07, 6.45) is 8.59. The van der Waals surface area contributed by atoms with Crippen LogP contribution in [0.2, 0.25) is 0 Å². The normalized spacial score (nSPS) is 25.3. The SMILES string of the molecule is CC1(C(=O)O)C=CC=C(C(=O)O)C1c1cc2cccnc2n1CC1CC1. The van der Waals surface area contributed by atoms with Crippen molar-refractivity contribution in [1.29, 1.82) is 0 Å². The Balaban J connectivity index is 1.95. The van der Waals surface area contributed by atoms with Crippen molar-refractivity contribution in [1.82, 2.24) is 9.55 Å². The van der Waals surface area contributed by atoms with Crippen LogP contribution in [-0.2, 0) is 16.1 Å². The number of carbonyl (C=O) groups is 2. The fourth-order valence-corrected chi connectivity index (χ4v) is 3.82. The number of rotatable bonds is 5. The summed E-state index contributed by atoms with van der Waals surface area (Å²) in [4.78, 5) is 28.5. The van der Waals surface area contributed by atoms with Crippen LogP contribution in [0.3, 0.4) is 0 Å². The summed E-state index contributed by atoms with van der Waals surface area (Å²) < 4.78 is 2.02. The molecule has 0 spiro atoms. The summed E-state index contributed by atoms with van der Waals surface area (Å²) in [6, 6.07) is 5.65. The number of hydrogen-bond acceptors (Lipinski definition) is 3. The minimum absolute atomic E-state index is 0.0947. The topological polar surface area (TPSA) is 92.4 Å². The Kier molecular flexibility index (Phi) is 3.72. The molecule has 2 heterocycles. The lowest BCUT2D eigenvalue weighted by molar-refractivity contribution is -0.146. The van der Waals surface area contributed by atoms with Gasteiger partial charge in [0, 0.05) is 29.4 Å². The molecule has 1 saturated carbocycles. The van der Waals surface area contributed by atoms with Gasteiger partial charge in [-0.1, -0.05) is 18.2 Å². The highest BCUT2D eigenvalue weighted by Crippen LogP contribution is 2.47. The van der Waals surface area contributed by atoms with Crippen molar-refractivity contribution in [2.24, 2.45) is 11.3 Å². The third-order valence-corrected chi connectivity index (χ3v) is 5.46. The third kappa shape index (κ3) is 2.53. The van der Waals surface area contributed by atoms with E-state index in [9.17, 15) is 19.8 Å². The van der Waals surface area contributed by atoms with Gasteiger partial charge in [-0.05, 0) is 43.9 Å². The molecule has 2 aromatic heterocycles. The highest BCUT2D eigenvalue weighted by Gasteiger charge is 2.47. The number of nitrogens with zero attached hydrogens (tertiary/aromatic N) is 2. The number of aromatic nitrogens is 2. The minimum Gasteiger partial charge on any atom is -0.481 e. The van der Waals surface area contributed by atoms with E-state index in [2.05, 4.69) is 4.98 Å². The molecule has 0 bridgehead atoms. The Morgan fingerprint density at radius 3 is 2.77 bits per heavy atom. The summed E-state index contributed by atoms with van der Waals surface area (Å²) in [7, 11) is 0. The molecule has 6 nitrogen and oxygen atoms in total. The van der Waals surface area contributed by atoms with Crippen LogP contribution in [0.5, 0.6) is 0 Å². The maximum absolute atomic E-state index is 12.1. The minimum atomic E-state index is -1.34. The molecule has 0 aromatic carbocycles. The van der Waals surface area contributed by atoms with Crippen molar-refractivity contribution in [3.8, 4) is 0 Å². The molecular formula is C20H20N2O4.